The Balaban J connectivity index is 4.13. The van der Waals surface area contributed by atoms with Crippen LogP contribution in [0.3, 0.4) is 0 Å². The SMILES string of the molecule is C[Si](C)(C)CC#CC(O)C(Cl)(Cl)Cl. The summed E-state index contributed by atoms with van der Waals surface area (Å²) < 4.78 is -1.70. The molecule has 1 N–H and O–H groups in total. The van der Waals surface area contributed by atoms with Gasteiger partial charge in [-0.15, -0.1) is 5.92 Å². The van der Waals surface area contributed by atoms with Crippen LogP contribution in [-0.4, -0.2) is 23.1 Å². The molecular formula is C8H13Cl3OSi. The normalized spacial score (nSPS) is 14.7. The minimum absolute atomic E-state index is 0.796. The van der Waals surface area contributed by atoms with Crippen LogP contribution in [0.2, 0.25) is 25.7 Å². The number of aliphatic hydroxyl groups is 1. The Morgan fingerprint density at radius 2 is 1.77 bits per heavy atom. The van der Waals surface area contributed by atoms with E-state index in [9.17, 15) is 5.11 Å². The highest BCUT2D eigenvalue weighted by Gasteiger charge is 2.29. The van der Waals surface area contributed by atoms with Gasteiger partial charge in [-0.05, 0) is 0 Å². The van der Waals surface area contributed by atoms with Crippen LogP contribution in [0.25, 0.3) is 0 Å². The number of aliphatic hydroxyl groups excluding tert-OH is 1. The van der Waals surface area contributed by atoms with Gasteiger partial charge in [0.05, 0.1) is 8.07 Å². The van der Waals surface area contributed by atoms with Gasteiger partial charge in [-0.3, -0.25) is 0 Å². The zero-order valence-corrected chi connectivity index (χ0v) is 11.1. The minimum Gasteiger partial charge on any atom is -0.376 e. The molecule has 0 heterocycles. The van der Waals surface area contributed by atoms with Gasteiger partial charge in [0.25, 0.3) is 0 Å². The maximum atomic E-state index is 9.23. The monoisotopic (exact) mass is 258 g/mol. The van der Waals surface area contributed by atoms with E-state index >= 15 is 0 Å². The first-order valence-electron chi connectivity index (χ1n) is 3.86. The van der Waals surface area contributed by atoms with Gasteiger partial charge in [0.15, 0.2) is 6.10 Å². The van der Waals surface area contributed by atoms with E-state index in [4.69, 9.17) is 34.8 Å². The quantitative estimate of drug-likeness (QED) is 0.436. The number of alkyl halides is 3. The van der Waals surface area contributed by atoms with E-state index in [0.717, 1.165) is 6.04 Å². The van der Waals surface area contributed by atoms with Crippen LogP contribution in [0.4, 0.5) is 0 Å². The lowest BCUT2D eigenvalue weighted by molar-refractivity contribution is 0.237. The van der Waals surface area contributed by atoms with Crippen molar-refractivity contribution in [3.8, 4) is 11.8 Å². The average Bonchev–Trinajstić information content (AvgIpc) is 1.82. The van der Waals surface area contributed by atoms with Gasteiger partial charge in [-0.1, -0.05) is 60.4 Å². The Hall–Kier alpha value is 0.607. The molecular weight excluding hydrogens is 247 g/mol. The molecule has 0 rings (SSSR count). The van der Waals surface area contributed by atoms with Gasteiger partial charge in [-0.2, -0.15) is 0 Å². The molecule has 0 aliphatic rings. The average molecular weight is 260 g/mol. The Bertz CT molecular complexity index is 218. The molecule has 0 aliphatic carbocycles. The number of hydrogen-bond donors (Lipinski definition) is 1. The molecule has 0 aromatic carbocycles. The lowest BCUT2D eigenvalue weighted by Gasteiger charge is -2.13. The summed E-state index contributed by atoms with van der Waals surface area (Å²) in [5.74, 6) is 5.36. The highest BCUT2D eigenvalue weighted by atomic mass is 35.6. The van der Waals surface area contributed by atoms with E-state index in [2.05, 4.69) is 31.5 Å². The second kappa shape index (κ2) is 4.91. The molecule has 76 valence electrons. The molecule has 0 saturated carbocycles. The van der Waals surface area contributed by atoms with E-state index in [1.807, 2.05) is 0 Å². The Labute approximate surface area is 95.4 Å². The summed E-state index contributed by atoms with van der Waals surface area (Å²) in [6, 6.07) is 0.796. The predicted octanol–water partition coefficient (Wildman–Crippen LogP) is 3.06. The van der Waals surface area contributed by atoms with Gasteiger partial charge in [0.2, 0.25) is 3.79 Å². The summed E-state index contributed by atoms with van der Waals surface area (Å²) in [4.78, 5) is 0. The smallest absolute Gasteiger partial charge is 0.227 e. The van der Waals surface area contributed by atoms with E-state index in [0.29, 0.717) is 0 Å². The molecule has 0 radical (unpaired) electrons. The summed E-state index contributed by atoms with van der Waals surface area (Å²) >= 11 is 16.3. The molecule has 1 nitrogen and oxygen atoms in total. The second-order valence-electron chi connectivity index (χ2n) is 4.00. The van der Waals surface area contributed by atoms with Crippen LogP contribution in [0.1, 0.15) is 0 Å². The summed E-state index contributed by atoms with van der Waals surface area (Å²) in [5.41, 5.74) is 0. The fourth-order valence-electron chi connectivity index (χ4n) is 0.495. The highest BCUT2D eigenvalue weighted by molar-refractivity contribution is 6.76. The van der Waals surface area contributed by atoms with Crippen LogP contribution >= 0.6 is 34.8 Å². The van der Waals surface area contributed by atoms with Crippen LogP contribution in [0, 0.1) is 11.8 Å². The first-order valence-corrected chi connectivity index (χ1v) is 8.70. The van der Waals surface area contributed by atoms with Gasteiger partial charge in [0, 0.05) is 6.04 Å². The molecule has 0 saturated heterocycles. The van der Waals surface area contributed by atoms with E-state index < -0.39 is 18.0 Å². The zero-order valence-electron chi connectivity index (χ0n) is 7.87. The molecule has 1 unspecified atom stereocenters. The number of halogens is 3. The molecule has 0 bridgehead atoms. The van der Waals surface area contributed by atoms with E-state index in [1.165, 1.54) is 0 Å². The molecule has 0 aliphatic heterocycles. The largest absolute Gasteiger partial charge is 0.376 e. The molecule has 5 heteroatoms. The number of rotatable bonds is 1. The van der Waals surface area contributed by atoms with E-state index in [1.54, 1.807) is 0 Å². The van der Waals surface area contributed by atoms with Gasteiger partial charge >= 0.3 is 0 Å². The molecule has 0 aromatic rings. The first kappa shape index (κ1) is 13.6. The Kier molecular flexibility index (Phi) is 5.13. The molecule has 0 spiro atoms. The molecule has 1 atom stereocenters. The second-order valence-corrected chi connectivity index (χ2v) is 11.8. The van der Waals surface area contributed by atoms with E-state index in [-0.39, 0.29) is 0 Å². The molecule has 0 fully saturated rings. The lowest BCUT2D eigenvalue weighted by atomic mass is 10.4. The van der Waals surface area contributed by atoms with Gasteiger partial charge < -0.3 is 5.11 Å². The Morgan fingerprint density at radius 1 is 1.31 bits per heavy atom. The third-order valence-electron chi connectivity index (χ3n) is 1.17. The van der Waals surface area contributed by atoms with Gasteiger partial charge in [0.1, 0.15) is 0 Å². The van der Waals surface area contributed by atoms with Crippen molar-refractivity contribution in [2.24, 2.45) is 0 Å². The summed E-state index contributed by atoms with van der Waals surface area (Å²) in [6.07, 6.45) is -1.20. The van der Waals surface area contributed by atoms with Crippen LogP contribution in [-0.2, 0) is 0 Å². The lowest BCUT2D eigenvalue weighted by Crippen LogP contribution is -2.23. The fourth-order valence-corrected chi connectivity index (χ4v) is 1.29. The van der Waals surface area contributed by atoms with Crippen molar-refractivity contribution in [1.82, 2.24) is 0 Å². The minimum atomic E-state index is -1.70. The third-order valence-corrected chi connectivity index (χ3v) is 3.03. The Morgan fingerprint density at radius 3 is 2.08 bits per heavy atom. The predicted molar refractivity (Wildman–Crippen MR) is 62.2 cm³/mol. The third kappa shape index (κ3) is 7.66. The van der Waals surface area contributed by atoms with Crippen molar-refractivity contribution in [3.63, 3.8) is 0 Å². The maximum absolute atomic E-state index is 9.23. The summed E-state index contributed by atoms with van der Waals surface area (Å²) in [6.45, 7) is 6.55. The van der Waals surface area contributed by atoms with Crippen molar-refractivity contribution in [2.75, 3.05) is 0 Å². The molecule has 13 heavy (non-hydrogen) atoms. The summed E-state index contributed by atoms with van der Waals surface area (Å²) in [5, 5.41) is 9.23. The number of hydrogen-bond acceptors (Lipinski definition) is 1. The van der Waals surface area contributed by atoms with Crippen LogP contribution in [0.15, 0.2) is 0 Å². The van der Waals surface area contributed by atoms with Gasteiger partial charge in [-0.25, -0.2) is 0 Å². The topological polar surface area (TPSA) is 20.2 Å². The van der Waals surface area contributed by atoms with Crippen molar-refractivity contribution in [1.29, 1.82) is 0 Å². The molecule has 0 aromatic heterocycles. The first-order chi connectivity index (χ1) is 5.63. The zero-order chi connectivity index (χ0) is 10.7. The van der Waals surface area contributed by atoms with Crippen molar-refractivity contribution < 1.29 is 5.11 Å². The van der Waals surface area contributed by atoms with Crippen molar-refractivity contribution in [3.05, 3.63) is 0 Å². The fraction of sp³-hybridized carbons (Fsp3) is 0.750. The summed E-state index contributed by atoms with van der Waals surface area (Å²) in [7, 11) is -1.20. The maximum Gasteiger partial charge on any atom is 0.227 e. The molecule has 0 amide bonds. The van der Waals surface area contributed by atoms with Crippen molar-refractivity contribution >= 4 is 42.9 Å². The van der Waals surface area contributed by atoms with Crippen LogP contribution in [0.5, 0.6) is 0 Å². The highest BCUT2D eigenvalue weighted by Crippen LogP contribution is 2.29. The van der Waals surface area contributed by atoms with Crippen LogP contribution < -0.4 is 0 Å². The van der Waals surface area contributed by atoms with Crippen molar-refractivity contribution in [2.45, 2.75) is 35.6 Å². The standard InChI is InChI=1S/C8H13Cl3OSi/c1-13(2,3)6-4-5-7(12)8(9,10)11/h7,12H,6H2,1-3H3.